The number of hydrogen-bond donors (Lipinski definition) is 1. The van der Waals surface area contributed by atoms with Crippen LogP contribution in [0.3, 0.4) is 0 Å². The van der Waals surface area contributed by atoms with Crippen molar-refractivity contribution < 1.29 is 5.11 Å². The van der Waals surface area contributed by atoms with Crippen molar-refractivity contribution >= 4 is 0 Å². The van der Waals surface area contributed by atoms with Crippen LogP contribution in [0.5, 0.6) is 0 Å². The first-order valence-corrected chi connectivity index (χ1v) is 7.66. The van der Waals surface area contributed by atoms with Gasteiger partial charge in [0.05, 0.1) is 5.69 Å². The fourth-order valence-corrected chi connectivity index (χ4v) is 2.95. The van der Waals surface area contributed by atoms with Gasteiger partial charge < -0.3 is 5.11 Å². The summed E-state index contributed by atoms with van der Waals surface area (Å²) in [5.41, 5.74) is 1.13. The van der Waals surface area contributed by atoms with Crippen molar-refractivity contribution in [3.8, 4) is 0 Å². The second-order valence-electron chi connectivity index (χ2n) is 6.11. The highest BCUT2D eigenvalue weighted by atomic mass is 16.3. The number of aliphatic hydroxyl groups is 1. The number of rotatable bonds is 6. The minimum absolute atomic E-state index is 0.274. The molecule has 2 heterocycles. The largest absolute Gasteiger partial charge is 0.396 e. The van der Waals surface area contributed by atoms with Crippen LogP contribution in [0.1, 0.15) is 26.0 Å². The van der Waals surface area contributed by atoms with E-state index in [-0.39, 0.29) is 6.61 Å². The van der Waals surface area contributed by atoms with Gasteiger partial charge >= 0.3 is 0 Å². The minimum atomic E-state index is 0.274. The fourth-order valence-electron chi connectivity index (χ4n) is 2.95. The van der Waals surface area contributed by atoms with E-state index in [4.69, 9.17) is 0 Å². The van der Waals surface area contributed by atoms with Crippen molar-refractivity contribution in [2.75, 3.05) is 32.8 Å². The van der Waals surface area contributed by atoms with Crippen LogP contribution in [0.2, 0.25) is 0 Å². The van der Waals surface area contributed by atoms with Crippen molar-refractivity contribution in [1.29, 1.82) is 0 Å². The first kappa shape index (κ1) is 15.4. The Morgan fingerprint density at radius 1 is 1.35 bits per heavy atom. The highest BCUT2D eigenvalue weighted by Gasteiger charge is 2.26. The Bertz CT molecular complexity index is 383. The number of aromatic nitrogens is 1. The first-order chi connectivity index (χ1) is 9.69. The van der Waals surface area contributed by atoms with E-state index in [2.05, 4.69) is 34.7 Å². The molecule has 0 bridgehead atoms. The number of piperazine rings is 1. The molecule has 0 saturated carbocycles. The SMILES string of the molecule is CC(C)CN1CCN(Cc2ccccn2)CC1CCO. The summed E-state index contributed by atoms with van der Waals surface area (Å²) in [4.78, 5) is 9.40. The lowest BCUT2D eigenvalue weighted by atomic mass is 10.1. The van der Waals surface area contributed by atoms with E-state index in [1.165, 1.54) is 0 Å². The summed E-state index contributed by atoms with van der Waals surface area (Å²) in [6.45, 7) is 10.0. The molecule has 0 aliphatic carbocycles. The molecule has 1 aromatic rings. The molecule has 4 heteroatoms. The maximum Gasteiger partial charge on any atom is 0.0543 e. The second-order valence-corrected chi connectivity index (χ2v) is 6.11. The molecule has 0 spiro atoms. The molecule has 1 aliphatic heterocycles. The molecule has 20 heavy (non-hydrogen) atoms. The first-order valence-electron chi connectivity index (χ1n) is 7.66. The molecule has 1 fully saturated rings. The van der Waals surface area contributed by atoms with Crippen molar-refractivity contribution in [3.05, 3.63) is 30.1 Å². The monoisotopic (exact) mass is 277 g/mol. The highest BCUT2D eigenvalue weighted by Crippen LogP contribution is 2.16. The number of aliphatic hydroxyl groups excluding tert-OH is 1. The molecule has 0 amide bonds. The lowest BCUT2D eigenvalue weighted by Crippen LogP contribution is -2.53. The quantitative estimate of drug-likeness (QED) is 0.857. The van der Waals surface area contributed by atoms with Gasteiger partial charge in [-0.2, -0.15) is 0 Å². The summed E-state index contributed by atoms with van der Waals surface area (Å²) in [7, 11) is 0. The molecule has 1 aromatic heterocycles. The smallest absolute Gasteiger partial charge is 0.0543 e. The molecule has 1 saturated heterocycles. The van der Waals surface area contributed by atoms with E-state index in [0.717, 1.165) is 44.8 Å². The van der Waals surface area contributed by atoms with Crippen LogP contribution >= 0.6 is 0 Å². The van der Waals surface area contributed by atoms with E-state index in [1.807, 2.05) is 18.3 Å². The van der Waals surface area contributed by atoms with Crippen LogP contribution in [0.15, 0.2) is 24.4 Å². The van der Waals surface area contributed by atoms with Gasteiger partial charge in [0.25, 0.3) is 0 Å². The predicted molar refractivity (Wildman–Crippen MR) is 81.4 cm³/mol. The Kier molecular flexibility index (Phi) is 5.95. The van der Waals surface area contributed by atoms with Crippen LogP contribution < -0.4 is 0 Å². The van der Waals surface area contributed by atoms with Crippen LogP contribution in [0.25, 0.3) is 0 Å². The Balaban J connectivity index is 1.92. The zero-order valence-corrected chi connectivity index (χ0v) is 12.7. The highest BCUT2D eigenvalue weighted by molar-refractivity contribution is 5.03. The van der Waals surface area contributed by atoms with Gasteiger partial charge in [0, 0.05) is 51.6 Å². The maximum atomic E-state index is 9.29. The zero-order valence-electron chi connectivity index (χ0n) is 12.7. The van der Waals surface area contributed by atoms with Gasteiger partial charge in [0.2, 0.25) is 0 Å². The van der Waals surface area contributed by atoms with E-state index in [9.17, 15) is 5.11 Å². The Morgan fingerprint density at radius 3 is 2.85 bits per heavy atom. The topological polar surface area (TPSA) is 39.6 Å². The molecule has 1 atom stereocenters. The Morgan fingerprint density at radius 2 is 2.20 bits per heavy atom. The van der Waals surface area contributed by atoms with Gasteiger partial charge in [-0.15, -0.1) is 0 Å². The van der Waals surface area contributed by atoms with Gasteiger partial charge in [0.15, 0.2) is 0 Å². The fraction of sp³-hybridized carbons (Fsp3) is 0.688. The molecule has 2 rings (SSSR count). The van der Waals surface area contributed by atoms with E-state index in [1.54, 1.807) is 0 Å². The molecular formula is C16H27N3O. The van der Waals surface area contributed by atoms with Crippen LogP contribution in [-0.4, -0.2) is 58.7 Å². The second kappa shape index (κ2) is 7.72. The number of pyridine rings is 1. The molecule has 0 radical (unpaired) electrons. The molecule has 0 aromatic carbocycles. The predicted octanol–water partition coefficient (Wildman–Crippen LogP) is 1.61. The van der Waals surface area contributed by atoms with Crippen LogP contribution in [-0.2, 0) is 6.54 Å². The van der Waals surface area contributed by atoms with Crippen molar-refractivity contribution in [1.82, 2.24) is 14.8 Å². The summed E-state index contributed by atoms with van der Waals surface area (Å²) in [6, 6.07) is 6.56. The Labute approximate surface area is 122 Å². The molecular weight excluding hydrogens is 250 g/mol. The minimum Gasteiger partial charge on any atom is -0.396 e. The summed E-state index contributed by atoms with van der Waals surface area (Å²) in [5, 5.41) is 9.29. The summed E-state index contributed by atoms with van der Waals surface area (Å²) < 4.78 is 0. The van der Waals surface area contributed by atoms with Gasteiger partial charge in [0.1, 0.15) is 0 Å². The molecule has 4 nitrogen and oxygen atoms in total. The van der Waals surface area contributed by atoms with Gasteiger partial charge in [-0.3, -0.25) is 14.8 Å². The van der Waals surface area contributed by atoms with E-state index >= 15 is 0 Å². The standard InChI is InChI=1S/C16H27N3O/c1-14(2)11-19-9-8-18(13-16(19)6-10-20)12-15-5-3-4-7-17-15/h3-5,7,14,16,20H,6,8-13H2,1-2H3. The van der Waals surface area contributed by atoms with Gasteiger partial charge in [-0.1, -0.05) is 19.9 Å². The van der Waals surface area contributed by atoms with Crippen LogP contribution in [0.4, 0.5) is 0 Å². The summed E-state index contributed by atoms with van der Waals surface area (Å²) in [5.74, 6) is 0.679. The molecule has 1 unspecified atom stereocenters. The van der Waals surface area contributed by atoms with Gasteiger partial charge in [-0.05, 0) is 24.5 Å². The average Bonchev–Trinajstić information content (AvgIpc) is 2.43. The third kappa shape index (κ3) is 4.54. The van der Waals surface area contributed by atoms with E-state index in [0.29, 0.717) is 12.0 Å². The molecule has 1 aliphatic rings. The number of hydrogen-bond acceptors (Lipinski definition) is 4. The van der Waals surface area contributed by atoms with Gasteiger partial charge in [-0.25, -0.2) is 0 Å². The number of nitrogens with zero attached hydrogens (tertiary/aromatic N) is 3. The lowest BCUT2D eigenvalue weighted by molar-refractivity contribution is 0.0471. The third-order valence-electron chi connectivity index (χ3n) is 3.86. The lowest BCUT2D eigenvalue weighted by Gasteiger charge is -2.42. The van der Waals surface area contributed by atoms with Crippen LogP contribution in [0, 0.1) is 5.92 Å². The third-order valence-corrected chi connectivity index (χ3v) is 3.86. The van der Waals surface area contributed by atoms with Crippen molar-refractivity contribution in [2.45, 2.75) is 32.9 Å². The molecule has 112 valence electrons. The Hall–Kier alpha value is -0.970. The summed E-state index contributed by atoms with van der Waals surface area (Å²) in [6.07, 6.45) is 2.72. The zero-order chi connectivity index (χ0) is 14.4. The van der Waals surface area contributed by atoms with Crippen molar-refractivity contribution in [2.24, 2.45) is 5.92 Å². The van der Waals surface area contributed by atoms with Crippen molar-refractivity contribution in [3.63, 3.8) is 0 Å². The normalized spacial score (nSPS) is 21.5. The molecule has 1 N–H and O–H groups in total. The maximum absolute atomic E-state index is 9.29. The van der Waals surface area contributed by atoms with E-state index < -0.39 is 0 Å². The average molecular weight is 277 g/mol. The summed E-state index contributed by atoms with van der Waals surface area (Å²) >= 11 is 0.